The van der Waals surface area contributed by atoms with E-state index < -0.39 is 11.8 Å². The number of ether oxygens (including phenoxy) is 1. The van der Waals surface area contributed by atoms with Crippen molar-refractivity contribution in [2.45, 2.75) is 19.5 Å². The number of anilines is 1. The van der Waals surface area contributed by atoms with E-state index >= 15 is 0 Å². The van der Waals surface area contributed by atoms with E-state index in [9.17, 15) is 9.18 Å². The molecule has 2 aromatic rings. The Morgan fingerprint density at radius 3 is 2.63 bits per heavy atom. The summed E-state index contributed by atoms with van der Waals surface area (Å²) in [7, 11) is 0. The van der Waals surface area contributed by atoms with Crippen LogP contribution in [0, 0.1) is 0 Å². The minimum absolute atomic E-state index is 0.0301. The van der Waals surface area contributed by atoms with Gasteiger partial charge in [-0.1, -0.05) is 23.4 Å². The molecule has 100 valence electrons. The van der Waals surface area contributed by atoms with Crippen LogP contribution in [0.1, 0.15) is 19.6 Å². The number of amides is 1. The first kappa shape index (κ1) is 13.1. The molecular weight excluding hydrogens is 251 g/mol. The molecule has 0 fully saturated rings. The monoisotopic (exact) mass is 264 g/mol. The van der Waals surface area contributed by atoms with Crippen molar-refractivity contribution in [3.05, 3.63) is 42.2 Å². The number of hydrogen-bond donors (Lipinski definition) is 1. The molecule has 0 aliphatic rings. The van der Waals surface area contributed by atoms with Crippen LogP contribution in [0.5, 0.6) is 5.75 Å². The lowest BCUT2D eigenvalue weighted by molar-refractivity contribution is 0.163. The summed E-state index contributed by atoms with van der Waals surface area (Å²) in [6.45, 7) is 2.67. The van der Waals surface area contributed by atoms with Crippen molar-refractivity contribution in [1.82, 2.24) is 5.16 Å². The maximum atomic E-state index is 13.5. The van der Waals surface area contributed by atoms with Crippen LogP contribution < -0.4 is 10.1 Å². The predicted octanol–water partition coefficient (Wildman–Crippen LogP) is 3.49. The van der Waals surface area contributed by atoms with Gasteiger partial charge in [0.1, 0.15) is 5.75 Å². The predicted molar refractivity (Wildman–Crippen MR) is 66.7 cm³/mol. The van der Waals surface area contributed by atoms with Gasteiger partial charge in [-0.15, -0.1) is 0 Å². The highest BCUT2D eigenvalue weighted by Gasteiger charge is 2.25. The van der Waals surface area contributed by atoms with Crippen LogP contribution in [0.3, 0.4) is 0 Å². The Bertz CT molecular complexity index is 561. The largest absolute Gasteiger partial charge is 0.418 e. The minimum Gasteiger partial charge on any atom is -0.410 e. The van der Waals surface area contributed by atoms with E-state index in [4.69, 9.17) is 9.26 Å². The van der Waals surface area contributed by atoms with E-state index in [0.29, 0.717) is 5.75 Å². The third-order valence-electron chi connectivity index (χ3n) is 2.28. The highest BCUT2D eigenvalue weighted by Crippen LogP contribution is 2.26. The average Bonchev–Trinajstić information content (AvgIpc) is 2.78. The van der Waals surface area contributed by atoms with Crippen molar-refractivity contribution in [1.29, 1.82) is 0 Å². The van der Waals surface area contributed by atoms with Crippen molar-refractivity contribution < 1.29 is 18.4 Å². The molecule has 0 aliphatic heterocycles. The Hall–Kier alpha value is -2.37. The molecule has 1 heterocycles. The molecule has 1 aromatic carbocycles. The zero-order valence-electron chi connectivity index (χ0n) is 10.5. The summed E-state index contributed by atoms with van der Waals surface area (Å²) < 4.78 is 23.3. The summed E-state index contributed by atoms with van der Waals surface area (Å²) in [6, 6.07) is 9.87. The summed E-state index contributed by atoms with van der Waals surface area (Å²) >= 11 is 0. The summed E-state index contributed by atoms with van der Waals surface area (Å²) in [5.74, 6) is 0.527. The number of benzene rings is 1. The van der Waals surface area contributed by atoms with Crippen molar-refractivity contribution in [2.24, 2.45) is 0 Å². The third kappa shape index (κ3) is 3.54. The van der Waals surface area contributed by atoms with Crippen LogP contribution >= 0.6 is 0 Å². The fourth-order valence-electron chi connectivity index (χ4n) is 1.34. The number of para-hydroxylation sites is 1. The van der Waals surface area contributed by atoms with Crippen molar-refractivity contribution >= 4 is 11.9 Å². The summed E-state index contributed by atoms with van der Waals surface area (Å²) in [5, 5.41) is 5.89. The van der Waals surface area contributed by atoms with Gasteiger partial charge in [0.25, 0.3) is 0 Å². The van der Waals surface area contributed by atoms with Crippen LogP contribution in [0.4, 0.5) is 15.0 Å². The normalized spacial score (nSPS) is 11.1. The van der Waals surface area contributed by atoms with Gasteiger partial charge in [0.2, 0.25) is 0 Å². The first-order valence-corrected chi connectivity index (χ1v) is 5.65. The number of alkyl halides is 1. The number of carbonyl (C=O) groups is 1. The van der Waals surface area contributed by atoms with Crippen LogP contribution in [0.15, 0.2) is 40.9 Å². The van der Waals surface area contributed by atoms with Crippen molar-refractivity contribution in [3.63, 3.8) is 0 Å². The summed E-state index contributed by atoms with van der Waals surface area (Å²) in [5.41, 5.74) is -1.66. The van der Waals surface area contributed by atoms with E-state index in [1.54, 1.807) is 30.3 Å². The van der Waals surface area contributed by atoms with Crippen LogP contribution in [0.25, 0.3) is 0 Å². The zero-order valence-corrected chi connectivity index (χ0v) is 10.5. The average molecular weight is 264 g/mol. The lowest BCUT2D eigenvalue weighted by Gasteiger charge is -2.07. The molecule has 6 heteroatoms. The number of halogens is 1. The minimum atomic E-state index is -1.66. The maximum absolute atomic E-state index is 13.5. The smallest absolute Gasteiger partial charge is 0.410 e. The van der Waals surface area contributed by atoms with Crippen LogP contribution in [-0.4, -0.2) is 11.2 Å². The highest BCUT2D eigenvalue weighted by molar-refractivity contribution is 5.85. The molecule has 1 aromatic heterocycles. The molecule has 0 atom stereocenters. The molecule has 0 bridgehead atoms. The van der Waals surface area contributed by atoms with Gasteiger partial charge >= 0.3 is 6.09 Å². The standard InChI is InChI=1S/C13H13FN2O3/c1-13(2,14)10-8-11(16-19-10)15-12(17)18-9-6-4-3-5-7-9/h3-8H,1-2H3,(H,15,16,17). The molecule has 0 radical (unpaired) electrons. The van der Waals surface area contributed by atoms with E-state index in [-0.39, 0.29) is 11.6 Å². The first-order valence-electron chi connectivity index (χ1n) is 5.65. The number of hydrogen-bond acceptors (Lipinski definition) is 4. The van der Waals surface area contributed by atoms with Gasteiger partial charge in [0.15, 0.2) is 17.2 Å². The Labute approximate surface area is 109 Å². The molecule has 0 aliphatic carbocycles. The number of carbonyl (C=O) groups excluding carboxylic acids is 1. The van der Waals surface area contributed by atoms with Gasteiger partial charge in [0, 0.05) is 6.07 Å². The molecular formula is C13H13FN2O3. The summed E-state index contributed by atoms with van der Waals surface area (Å²) in [6.07, 6.45) is -0.720. The molecule has 0 unspecified atom stereocenters. The van der Waals surface area contributed by atoms with Gasteiger partial charge in [0.05, 0.1) is 0 Å². The Kier molecular flexibility index (Phi) is 3.50. The SMILES string of the molecule is CC(C)(F)c1cc(NC(=O)Oc2ccccc2)no1. The fourth-order valence-corrected chi connectivity index (χ4v) is 1.34. The Morgan fingerprint density at radius 1 is 1.37 bits per heavy atom. The van der Waals surface area contributed by atoms with Crippen LogP contribution in [0.2, 0.25) is 0 Å². The third-order valence-corrected chi connectivity index (χ3v) is 2.28. The van der Waals surface area contributed by atoms with Gasteiger partial charge < -0.3 is 9.26 Å². The van der Waals surface area contributed by atoms with Crippen LogP contribution in [-0.2, 0) is 5.67 Å². The van der Waals surface area contributed by atoms with E-state index in [2.05, 4.69) is 10.5 Å². The molecule has 2 rings (SSSR count). The highest BCUT2D eigenvalue weighted by atomic mass is 19.1. The van der Waals surface area contributed by atoms with Gasteiger partial charge in [-0.3, -0.25) is 5.32 Å². The molecule has 1 amide bonds. The quantitative estimate of drug-likeness (QED) is 0.921. The number of rotatable bonds is 3. The fraction of sp³-hybridized carbons (Fsp3) is 0.231. The van der Waals surface area contributed by atoms with Crippen molar-refractivity contribution in [2.75, 3.05) is 5.32 Å². The second-order valence-electron chi connectivity index (χ2n) is 4.38. The van der Waals surface area contributed by atoms with E-state index in [0.717, 1.165) is 0 Å². The molecule has 19 heavy (non-hydrogen) atoms. The van der Waals surface area contributed by atoms with Gasteiger partial charge in [-0.05, 0) is 26.0 Å². The molecule has 1 N–H and O–H groups in total. The molecule has 5 nitrogen and oxygen atoms in total. The second-order valence-corrected chi connectivity index (χ2v) is 4.38. The number of aromatic nitrogens is 1. The van der Waals surface area contributed by atoms with Gasteiger partial charge in [-0.25, -0.2) is 9.18 Å². The zero-order chi connectivity index (χ0) is 13.9. The molecule has 0 spiro atoms. The topological polar surface area (TPSA) is 64.4 Å². The first-order chi connectivity index (χ1) is 8.95. The van der Waals surface area contributed by atoms with E-state index in [1.165, 1.54) is 19.9 Å². The van der Waals surface area contributed by atoms with E-state index in [1.807, 2.05) is 0 Å². The Morgan fingerprint density at radius 2 is 2.05 bits per heavy atom. The lowest BCUT2D eigenvalue weighted by atomic mass is 10.1. The second kappa shape index (κ2) is 5.09. The summed E-state index contributed by atoms with van der Waals surface area (Å²) in [4.78, 5) is 11.5. The van der Waals surface area contributed by atoms with Gasteiger partial charge in [-0.2, -0.15) is 0 Å². The van der Waals surface area contributed by atoms with Crippen molar-refractivity contribution in [3.8, 4) is 5.75 Å². The Balaban J connectivity index is 1.98. The number of nitrogens with one attached hydrogen (secondary N) is 1. The molecule has 0 saturated heterocycles. The molecule has 0 saturated carbocycles. The lowest BCUT2D eigenvalue weighted by Crippen LogP contribution is -2.16. The maximum Gasteiger partial charge on any atom is 0.418 e. The number of nitrogens with zero attached hydrogens (tertiary/aromatic N) is 1.